The quantitative estimate of drug-likeness (QED) is 0.0768. The lowest BCUT2D eigenvalue weighted by Crippen LogP contribution is -2.52. The normalized spacial score (nSPS) is 21.7. The van der Waals surface area contributed by atoms with E-state index in [4.69, 9.17) is 14.2 Å². The van der Waals surface area contributed by atoms with Crippen LogP contribution in [-0.4, -0.2) is 73.7 Å². The summed E-state index contributed by atoms with van der Waals surface area (Å²) in [6.45, 7) is 6.59. The van der Waals surface area contributed by atoms with Crippen molar-refractivity contribution in [1.82, 2.24) is 4.90 Å². The van der Waals surface area contributed by atoms with Gasteiger partial charge in [0.1, 0.15) is 11.5 Å². The van der Waals surface area contributed by atoms with Gasteiger partial charge in [-0.25, -0.2) is 0 Å². The Morgan fingerprint density at radius 1 is 0.919 bits per heavy atom. The number of carbonyl (C=O) groups is 3. The van der Waals surface area contributed by atoms with E-state index in [1.165, 1.54) is 12.1 Å². The van der Waals surface area contributed by atoms with Gasteiger partial charge in [0, 0.05) is 41.4 Å². The molecule has 3 heterocycles. The fourth-order valence-corrected chi connectivity index (χ4v) is 14.0. The lowest BCUT2D eigenvalue weighted by atomic mass is 9.82. The first-order valence-corrected chi connectivity index (χ1v) is 23.8. The zero-order chi connectivity index (χ0) is 43.9. The van der Waals surface area contributed by atoms with Gasteiger partial charge in [-0.05, 0) is 83.2 Å². The number of nitrogens with zero attached hydrogens (tertiary/aromatic N) is 3. The highest BCUT2D eigenvalue weighted by molar-refractivity contribution is 6.91. The van der Waals surface area contributed by atoms with E-state index in [2.05, 4.69) is 18.4 Å². The second-order valence-electron chi connectivity index (χ2n) is 16.9. The predicted octanol–water partition coefficient (Wildman–Crippen LogP) is 6.96. The van der Waals surface area contributed by atoms with Crippen LogP contribution in [-0.2, 0) is 39.4 Å². The lowest BCUT2D eigenvalue weighted by Gasteiger charge is -2.39. The Morgan fingerprint density at radius 2 is 1.60 bits per heavy atom. The second-order valence-corrected chi connectivity index (χ2v) is 21.6. The Balaban J connectivity index is 1.17. The van der Waals surface area contributed by atoms with Gasteiger partial charge < -0.3 is 34.4 Å². The molecule has 0 aromatic heterocycles. The third-order valence-corrected chi connectivity index (χ3v) is 17.5. The fourth-order valence-electron chi connectivity index (χ4n) is 9.98. The largest absolute Gasteiger partial charge is 0.497 e. The Morgan fingerprint density at radius 3 is 2.26 bits per heavy atom. The van der Waals surface area contributed by atoms with Crippen molar-refractivity contribution in [3.8, 4) is 11.5 Å². The van der Waals surface area contributed by atoms with Crippen molar-refractivity contribution in [2.24, 2.45) is 5.92 Å². The first kappa shape index (κ1) is 42.3. The number of nitro groups is 1. The number of carbonyl (C=O) groups excluding carboxylic acids is 3. The molecule has 2 N–H and O–H groups in total. The molecule has 13 nitrogen and oxygen atoms in total. The lowest BCUT2D eigenvalue weighted by molar-refractivity contribution is -0.385. The monoisotopic (exact) mass is 854 g/mol. The molecule has 5 aromatic carbocycles. The SMILES string of the molecule is COc1ccc(C(=O)Nc2cccc(CN3C(=O)[C@]4(O[C@H](CC(=O)N5Cc6ccccc6C[C@H]5CO)[C@@H]([Si](C)(C)c5ccc(OC)cc5)[C@@H]4C)c4cc([N+](=O)[O-])ccc43)c2)cc1. The molecule has 0 bridgehead atoms. The zero-order valence-electron chi connectivity index (χ0n) is 35.4. The number of aliphatic hydroxyl groups is 1. The van der Waals surface area contributed by atoms with Crippen LogP contribution in [0, 0.1) is 16.0 Å². The second kappa shape index (κ2) is 16.8. The van der Waals surface area contributed by atoms with Gasteiger partial charge in [-0.3, -0.25) is 24.5 Å². The number of aliphatic hydroxyl groups excluding tert-OH is 1. The molecule has 14 heteroatoms. The molecule has 0 radical (unpaired) electrons. The van der Waals surface area contributed by atoms with E-state index in [9.17, 15) is 24.8 Å². The van der Waals surface area contributed by atoms with Crippen molar-refractivity contribution >= 4 is 48.0 Å². The smallest absolute Gasteiger partial charge is 0.269 e. The zero-order valence-corrected chi connectivity index (χ0v) is 36.4. The number of methoxy groups -OCH3 is 2. The van der Waals surface area contributed by atoms with Crippen LogP contribution in [0.4, 0.5) is 17.1 Å². The van der Waals surface area contributed by atoms with Crippen LogP contribution in [0.1, 0.15) is 46.0 Å². The Hall–Kier alpha value is -6.35. The van der Waals surface area contributed by atoms with Crippen molar-refractivity contribution < 1.29 is 38.6 Å². The van der Waals surface area contributed by atoms with Gasteiger partial charge in [-0.15, -0.1) is 0 Å². The molecule has 1 spiro atoms. The van der Waals surface area contributed by atoms with E-state index in [-0.39, 0.29) is 48.5 Å². The van der Waals surface area contributed by atoms with Crippen LogP contribution in [0.2, 0.25) is 18.6 Å². The van der Waals surface area contributed by atoms with Gasteiger partial charge in [0.2, 0.25) is 5.91 Å². The van der Waals surface area contributed by atoms with E-state index >= 15 is 4.79 Å². The van der Waals surface area contributed by atoms with Crippen molar-refractivity contribution in [3.63, 3.8) is 0 Å². The molecule has 5 aromatic rings. The predicted molar refractivity (Wildman–Crippen MR) is 237 cm³/mol. The standard InChI is InChI=1S/C48H50N4O9Si/c1-30-45(62(4,5)40-20-18-39(60-3)19-21-40)43(26-44(54)50-28-34-11-7-6-10-33(34)24-37(50)29-53)61-48(30)41-25-36(52(57)58)15-22-42(41)51(47(48)56)27-31-9-8-12-35(23-31)49-46(55)32-13-16-38(59-2)17-14-32/h6-23,25,30,37,43,45,53H,24,26-29H2,1-5H3,(H,49,55)/t30-,37-,43+,45-,48+/m0/s1. The number of non-ortho nitro benzene ring substituents is 1. The molecule has 8 rings (SSSR count). The molecule has 62 heavy (non-hydrogen) atoms. The number of anilines is 2. The average Bonchev–Trinajstić information content (AvgIpc) is 3.71. The van der Waals surface area contributed by atoms with Crippen molar-refractivity contribution in [1.29, 1.82) is 0 Å². The minimum atomic E-state index is -2.69. The van der Waals surface area contributed by atoms with Gasteiger partial charge in [0.25, 0.3) is 17.5 Å². The third kappa shape index (κ3) is 7.52. The average molecular weight is 855 g/mol. The van der Waals surface area contributed by atoms with Gasteiger partial charge in [-0.2, -0.15) is 0 Å². The Bertz CT molecular complexity index is 2530. The molecule has 3 aliphatic rings. The summed E-state index contributed by atoms with van der Waals surface area (Å²) < 4.78 is 17.9. The number of rotatable bonds is 12. The summed E-state index contributed by atoms with van der Waals surface area (Å²) in [7, 11) is 0.470. The minimum absolute atomic E-state index is 0.0600. The molecular weight excluding hydrogens is 805 g/mol. The van der Waals surface area contributed by atoms with Crippen LogP contribution in [0.25, 0.3) is 0 Å². The van der Waals surface area contributed by atoms with Crippen LogP contribution < -0.4 is 24.9 Å². The number of amides is 3. The van der Waals surface area contributed by atoms with E-state index in [1.54, 1.807) is 72.6 Å². The summed E-state index contributed by atoms with van der Waals surface area (Å²) in [4.78, 5) is 58.5. The number of nitrogens with one attached hydrogen (secondary N) is 1. The van der Waals surface area contributed by atoms with Crippen molar-refractivity contribution in [2.75, 3.05) is 31.0 Å². The maximum atomic E-state index is 15.5. The van der Waals surface area contributed by atoms with Gasteiger partial charge in [-0.1, -0.05) is 73.7 Å². The maximum absolute atomic E-state index is 15.5. The summed E-state index contributed by atoms with van der Waals surface area (Å²) in [6.07, 6.45) is -0.308. The third-order valence-electron chi connectivity index (χ3n) is 13.2. The number of hydrogen-bond acceptors (Lipinski definition) is 9. The molecule has 5 atom stereocenters. The first-order valence-electron chi connectivity index (χ1n) is 20.7. The first-order chi connectivity index (χ1) is 29.8. The molecule has 0 unspecified atom stereocenters. The molecule has 0 saturated carbocycles. The van der Waals surface area contributed by atoms with E-state index < -0.39 is 36.7 Å². The number of hydrogen-bond donors (Lipinski definition) is 2. The van der Waals surface area contributed by atoms with Gasteiger partial charge in [0.15, 0.2) is 5.60 Å². The van der Waals surface area contributed by atoms with Crippen LogP contribution in [0.15, 0.2) is 115 Å². The molecule has 320 valence electrons. The molecule has 1 saturated heterocycles. The topological polar surface area (TPSA) is 161 Å². The molecular formula is C48H50N4O9Si. The number of ether oxygens (including phenoxy) is 3. The summed E-state index contributed by atoms with van der Waals surface area (Å²) in [5, 5.41) is 26.9. The highest BCUT2D eigenvalue weighted by Gasteiger charge is 2.67. The summed E-state index contributed by atoms with van der Waals surface area (Å²) in [6, 6.07) is 33.8. The van der Waals surface area contributed by atoms with Crippen molar-refractivity contribution in [2.45, 2.75) is 69.2 Å². The van der Waals surface area contributed by atoms with Crippen LogP contribution in [0.5, 0.6) is 11.5 Å². The van der Waals surface area contributed by atoms with Crippen LogP contribution >= 0.6 is 0 Å². The molecule has 3 aliphatic heterocycles. The molecule has 1 fully saturated rings. The number of benzene rings is 5. The van der Waals surface area contributed by atoms with Crippen molar-refractivity contribution in [3.05, 3.63) is 153 Å². The molecule has 0 aliphatic carbocycles. The molecule has 3 amide bonds. The fraction of sp³-hybridized carbons (Fsp3) is 0.312. The van der Waals surface area contributed by atoms with E-state index in [0.29, 0.717) is 52.5 Å². The van der Waals surface area contributed by atoms with Crippen LogP contribution in [0.3, 0.4) is 0 Å². The highest BCUT2D eigenvalue weighted by atomic mass is 28.3. The summed E-state index contributed by atoms with van der Waals surface area (Å²) >= 11 is 0. The summed E-state index contributed by atoms with van der Waals surface area (Å²) in [5.41, 5.74) is 2.45. The Labute approximate surface area is 361 Å². The number of nitro benzene ring substituents is 1. The Kier molecular flexibility index (Phi) is 11.5. The number of fused-ring (bicyclic) bond motifs is 3. The highest BCUT2D eigenvalue weighted by Crippen LogP contribution is 2.60. The van der Waals surface area contributed by atoms with E-state index in [1.807, 2.05) is 61.5 Å². The van der Waals surface area contributed by atoms with Gasteiger partial charge >= 0.3 is 0 Å². The van der Waals surface area contributed by atoms with E-state index in [0.717, 1.165) is 16.3 Å². The maximum Gasteiger partial charge on any atom is 0.269 e. The summed E-state index contributed by atoms with van der Waals surface area (Å²) in [5.74, 6) is -0.109. The van der Waals surface area contributed by atoms with Gasteiger partial charge in [0.05, 0.1) is 64.6 Å². The minimum Gasteiger partial charge on any atom is -0.497 e.